The van der Waals surface area contributed by atoms with Gasteiger partial charge in [0.05, 0.1) is 17.0 Å². The van der Waals surface area contributed by atoms with E-state index >= 15 is 0 Å². The number of aryl methyl sites for hydroxylation is 1. The highest BCUT2D eigenvalue weighted by atomic mass is 19.1. The summed E-state index contributed by atoms with van der Waals surface area (Å²) in [6.07, 6.45) is 0. The van der Waals surface area contributed by atoms with Crippen molar-refractivity contribution in [2.45, 2.75) is 13.0 Å². The number of fused-ring (bicyclic) bond motifs is 2. The first-order chi connectivity index (χ1) is 13.5. The lowest BCUT2D eigenvalue weighted by atomic mass is 9.98. The van der Waals surface area contributed by atoms with Crippen molar-refractivity contribution in [1.29, 1.82) is 0 Å². The van der Waals surface area contributed by atoms with Gasteiger partial charge in [0.2, 0.25) is 5.76 Å². The van der Waals surface area contributed by atoms with E-state index in [1.165, 1.54) is 23.1 Å². The average Bonchev–Trinajstić information content (AvgIpc) is 3.23. The summed E-state index contributed by atoms with van der Waals surface area (Å²) in [4.78, 5) is 27.7. The summed E-state index contributed by atoms with van der Waals surface area (Å²) in [7, 11) is 0. The standard InChI is InChI=1S/C21H13FN2O4/c1-11-9-16(23-28-11)24-18(12-5-4-6-13(22)10-12)17-19(25)14-7-2-3-8-15(14)27-20(17)21(24)26/h2-10,18H,1H3/t18-/m1/s1. The summed E-state index contributed by atoms with van der Waals surface area (Å²) in [5.74, 6) is -0.341. The molecule has 0 radical (unpaired) electrons. The minimum atomic E-state index is -0.872. The number of rotatable bonds is 2. The molecule has 0 unspecified atom stereocenters. The Morgan fingerprint density at radius 1 is 1.07 bits per heavy atom. The first-order valence-corrected chi connectivity index (χ1v) is 8.62. The van der Waals surface area contributed by atoms with Crippen LogP contribution >= 0.6 is 0 Å². The predicted molar refractivity (Wildman–Crippen MR) is 98.8 cm³/mol. The van der Waals surface area contributed by atoms with Crippen LogP contribution in [0.3, 0.4) is 0 Å². The summed E-state index contributed by atoms with van der Waals surface area (Å²) in [6, 6.07) is 13.2. The maximum absolute atomic E-state index is 13.9. The molecule has 0 N–H and O–H groups in total. The maximum Gasteiger partial charge on any atom is 0.296 e. The first kappa shape index (κ1) is 16.4. The summed E-state index contributed by atoms with van der Waals surface area (Å²) in [6.45, 7) is 1.69. The molecule has 0 fully saturated rings. The van der Waals surface area contributed by atoms with Gasteiger partial charge in [-0.15, -0.1) is 0 Å². The van der Waals surface area contributed by atoms with Crippen molar-refractivity contribution in [3.8, 4) is 0 Å². The van der Waals surface area contributed by atoms with E-state index in [0.717, 1.165) is 0 Å². The van der Waals surface area contributed by atoms with Crippen molar-refractivity contribution < 1.29 is 18.1 Å². The highest BCUT2D eigenvalue weighted by molar-refractivity contribution is 6.10. The SMILES string of the molecule is Cc1cc(N2C(=O)c3oc4ccccc4c(=O)c3[C@H]2c2cccc(F)c2)no1. The molecule has 6 nitrogen and oxygen atoms in total. The highest BCUT2D eigenvalue weighted by Crippen LogP contribution is 2.40. The third-order valence-corrected chi connectivity index (χ3v) is 4.80. The van der Waals surface area contributed by atoms with Crippen molar-refractivity contribution >= 4 is 22.7 Å². The van der Waals surface area contributed by atoms with Crippen LogP contribution in [-0.2, 0) is 0 Å². The molecule has 2 aromatic heterocycles. The molecule has 7 heteroatoms. The smallest absolute Gasteiger partial charge is 0.296 e. The zero-order chi connectivity index (χ0) is 19.4. The Bertz CT molecular complexity index is 1310. The van der Waals surface area contributed by atoms with E-state index in [1.54, 1.807) is 43.3 Å². The van der Waals surface area contributed by atoms with E-state index in [4.69, 9.17) is 8.94 Å². The van der Waals surface area contributed by atoms with E-state index in [-0.39, 0.29) is 22.6 Å². The molecular weight excluding hydrogens is 363 g/mol. The van der Waals surface area contributed by atoms with Crippen molar-refractivity contribution in [3.63, 3.8) is 0 Å². The number of carbonyl (C=O) groups excluding carboxylic acids is 1. The Morgan fingerprint density at radius 3 is 2.64 bits per heavy atom. The number of nitrogens with zero attached hydrogens (tertiary/aromatic N) is 2. The average molecular weight is 376 g/mol. The lowest BCUT2D eigenvalue weighted by Crippen LogP contribution is -2.29. The topological polar surface area (TPSA) is 76.6 Å². The monoisotopic (exact) mass is 376 g/mol. The Morgan fingerprint density at radius 2 is 1.89 bits per heavy atom. The lowest BCUT2D eigenvalue weighted by Gasteiger charge is -2.22. The number of anilines is 1. The second-order valence-electron chi connectivity index (χ2n) is 6.60. The highest BCUT2D eigenvalue weighted by Gasteiger charge is 2.44. The largest absolute Gasteiger partial charge is 0.450 e. The summed E-state index contributed by atoms with van der Waals surface area (Å²) in [5.41, 5.74) is 0.586. The maximum atomic E-state index is 13.9. The molecule has 1 aliphatic rings. The third kappa shape index (κ3) is 2.29. The first-order valence-electron chi connectivity index (χ1n) is 8.62. The van der Waals surface area contributed by atoms with Gasteiger partial charge in [-0.2, -0.15) is 0 Å². The fourth-order valence-corrected chi connectivity index (χ4v) is 3.61. The molecule has 4 aromatic rings. The van der Waals surface area contributed by atoms with Crippen LogP contribution in [0.4, 0.5) is 10.2 Å². The van der Waals surface area contributed by atoms with Gasteiger partial charge in [0, 0.05) is 6.07 Å². The van der Waals surface area contributed by atoms with E-state index in [9.17, 15) is 14.0 Å². The van der Waals surface area contributed by atoms with Gasteiger partial charge >= 0.3 is 0 Å². The number of para-hydroxylation sites is 1. The van der Waals surface area contributed by atoms with Crippen LogP contribution < -0.4 is 10.3 Å². The van der Waals surface area contributed by atoms with Crippen molar-refractivity contribution in [1.82, 2.24) is 5.16 Å². The van der Waals surface area contributed by atoms with Crippen LogP contribution in [0.15, 0.2) is 68.3 Å². The second-order valence-corrected chi connectivity index (χ2v) is 6.60. The zero-order valence-electron chi connectivity index (χ0n) is 14.7. The minimum Gasteiger partial charge on any atom is -0.450 e. The van der Waals surface area contributed by atoms with E-state index in [0.29, 0.717) is 22.3 Å². The molecule has 0 saturated carbocycles. The number of carbonyl (C=O) groups is 1. The molecule has 0 bridgehead atoms. The van der Waals surface area contributed by atoms with Gasteiger partial charge in [-0.25, -0.2) is 4.39 Å². The molecule has 1 amide bonds. The molecule has 0 spiro atoms. The van der Waals surface area contributed by atoms with Crippen LogP contribution in [0.5, 0.6) is 0 Å². The Labute approximate surface area is 157 Å². The van der Waals surface area contributed by atoms with Gasteiger partial charge in [0.25, 0.3) is 5.91 Å². The van der Waals surface area contributed by atoms with E-state index < -0.39 is 17.8 Å². The van der Waals surface area contributed by atoms with Crippen molar-refractivity contribution in [2.24, 2.45) is 0 Å². The number of aromatic nitrogens is 1. The predicted octanol–water partition coefficient (Wildman–Crippen LogP) is 3.98. The minimum absolute atomic E-state index is 0.0707. The third-order valence-electron chi connectivity index (χ3n) is 4.80. The molecule has 3 heterocycles. The Kier molecular flexibility index (Phi) is 3.45. The van der Waals surface area contributed by atoms with Gasteiger partial charge in [0.15, 0.2) is 11.2 Å². The Hall–Kier alpha value is -3.74. The van der Waals surface area contributed by atoms with Crippen molar-refractivity contribution in [3.05, 3.63) is 93.3 Å². The molecule has 0 aliphatic carbocycles. The Balaban J connectivity index is 1.84. The zero-order valence-corrected chi connectivity index (χ0v) is 14.7. The molecule has 1 aliphatic heterocycles. The fraction of sp³-hybridized carbons (Fsp3) is 0.0952. The number of amides is 1. The summed E-state index contributed by atoms with van der Waals surface area (Å²) >= 11 is 0. The molecule has 28 heavy (non-hydrogen) atoms. The molecule has 5 rings (SSSR count). The van der Waals surface area contributed by atoms with Crippen LogP contribution in [0.2, 0.25) is 0 Å². The van der Waals surface area contributed by atoms with Gasteiger partial charge in [-0.05, 0) is 36.8 Å². The normalized spacial score (nSPS) is 16.0. The van der Waals surface area contributed by atoms with Gasteiger partial charge in [-0.1, -0.05) is 29.4 Å². The summed E-state index contributed by atoms with van der Waals surface area (Å²) in [5, 5.41) is 4.28. The number of hydrogen-bond donors (Lipinski definition) is 0. The van der Waals surface area contributed by atoms with Crippen LogP contribution in [0.1, 0.15) is 33.5 Å². The number of halogens is 1. The number of benzene rings is 2. The van der Waals surface area contributed by atoms with Gasteiger partial charge in [-0.3, -0.25) is 14.5 Å². The van der Waals surface area contributed by atoms with E-state index in [2.05, 4.69) is 5.16 Å². The van der Waals surface area contributed by atoms with Crippen LogP contribution in [0.25, 0.3) is 11.0 Å². The summed E-state index contributed by atoms with van der Waals surface area (Å²) < 4.78 is 24.8. The second kappa shape index (κ2) is 5.88. The quantitative estimate of drug-likeness (QED) is 0.529. The molecule has 2 aromatic carbocycles. The number of hydrogen-bond acceptors (Lipinski definition) is 5. The lowest BCUT2D eigenvalue weighted by molar-refractivity contribution is 0.0969. The van der Waals surface area contributed by atoms with E-state index in [1.807, 2.05) is 0 Å². The van der Waals surface area contributed by atoms with Gasteiger partial charge in [0.1, 0.15) is 17.2 Å². The molecule has 0 saturated heterocycles. The fourth-order valence-electron chi connectivity index (χ4n) is 3.61. The van der Waals surface area contributed by atoms with Gasteiger partial charge < -0.3 is 8.94 Å². The molecular formula is C21H13FN2O4. The van der Waals surface area contributed by atoms with Crippen LogP contribution in [-0.4, -0.2) is 11.1 Å². The molecule has 1 atom stereocenters. The molecule has 138 valence electrons. The van der Waals surface area contributed by atoms with Crippen molar-refractivity contribution in [2.75, 3.05) is 4.90 Å². The van der Waals surface area contributed by atoms with Crippen LogP contribution in [0, 0.1) is 12.7 Å².